The number of nitrogens with zero attached hydrogens (tertiary/aromatic N) is 2. The van der Waals surface area contributed by atoms with Gasteiger partial charge in [-0.3, -0.25) is 4.79 Å². The van der Waals surface area contributed by atoms with Crippen LogP contribution < -0.4 is 0 Å². The Morgan fingerprint density at radius 3 is 2.38 bits per heavy atom. The molecule has 1 aliphatic heterocycles. The molecule has 0 fully saturated rings. The van der Waals surface area contributed by atoms with Gasteiger partial charge in [-0.1, -0.05) is 42.5 Å². The molecule has 1 amide bonds. The molecule has 4 rings (SSSR count). The van der Waals surface area contributed by atoms with Gasteiger partial charge in [0.25, 0.3) is 5.91 Å². The van der Waals surface area contributed by atoms with Gasteiger partial charge in [-0.25, -0.2) is 4.79 Å². The summed E-state index contributed by atoms with van der Waals surface area (Å²) in [4.78, 5) is 27.9. The molecule has 0 aliphatic carbocycles. The zero-order valence-corrected chi connectivity index (χ0v) is 20.4. The van der Waals surface area contributed by atoms with Gasteiger partial charge in [-0.2, -0.15) is 0 Å². The number of aromatic nitrogens is 1. The van der Waals surface area contributed by atoms with E-state index in [1.54, 1.807) is 4.90 Å². The van der Waals surface area contributed by atoms with Gasteiger partial charge in [0.05, 0.1) is 18.3 Å². The van der Waals surface area contributed by atoms with Crippen molar-refractivity contribution in [2.75, 3.05) is 13.7 Å². The van der Waals surface area contributed by atoms with E-state index in [2.05, 4.69) is 35.8 Å². The molecule has 5 nitrogen and oxygen atoms in total. The van der Waals surface area contributed by atoms with Crippen LogP contribution in [0.3, 0.4) is 0 Å². The Balaban J connectivity index is 1.73. The SMILES string of the molecule is COC(=O)C1=C(C)N(CCc2ccccc2)C(=O)C1=Cc1cc(C)n(-c2cccc(C)c2)c1C. The first-order chi connectivity index (χ1) is 16.3. The van der Waals surface area contributed by atoms with E-state index in [-0.39, 0.29) is 5.91 Å². The average Bonchev–Trinajstić information content (AvgIpc) is 3.24. The van der Waals surface area contributed by atoms with Gasteiger partial charge >= 0.3 is 5.97 Å². The smallest absolute Gasteiger partial charge is 0.340 e. The summed E-state index contributed by atoms with van der Waals surface area (Å²) in [6.07, 6.45) is 2.53. The lowest BCUT2D eigenvalue weighted by atomic mass is 10.0. The molecule has 174 valence electrons. The highest BCUT2D eigenvalue weighted by molar-refractivity contribution is 6.16. The van der Waals surface area contributed by atoms with Crippen LogP contribution in [-0.4, -0.2) is 35.0 Å². The Morgan fingerprint density at radius 1 is 0.971 bits per heavy atom. The lowest BCUT2D eigenvalue weighted by Gasteiger charge is -2.17. The monoisotopic (exact) mass is 454 g/mol. The number of methoxy groups -OCH3 is 1. The van der Waals surface area contributed by atoms with E-state index in [9.17, 15) is 9.59 Å². The molecule has 5 heteroatoms. The quantitative estimate of drug-likeness (QED) is 0.374. The normalized spacial score (nSPS) is 14.9. The van der Waals surface area contributed by atoms with Crippen molar-refractivity contribution in [3.05, 3.63) is 106 Å². The first kappa shape index (κ1) is 23.3. The summed E-state index contributed by atoms with van der Waals surface area (Å²) in [5.41, 5.74) is 7.70. The Labute approximate surface area is 201 Å². The zero-order valence-electron chi connectivity index (χ0n) is 20.4. The fraction of sp³-hybridized carbons (Fsp3) is 0.241. The minimum atomic E-state index is -0.494. The number of carbonyl (C=O) groups excluding carboxylic acids is 2. The molecule has 2 heterocycles. The highest BCUT2D eigenvalue weighted by Crippen LogP contribution is 2.33. The first-order valence-electron chi connectivity index (χ1n) is 11.4. The van der Waals surface area contributed by atoms with Crippen LogP contribution >= 0.6 is 0 Å². The number of hydrogen-bond donors (Lipinski definition) is 0. The first-order valence-corrected chi connectivity index (χ1v) is 11.4. The Hall–Kier alpha value is -3.86. The summed E-state index contributed by atoms with van der Waals surface area (Å²) in [5, 5.41) is 0. The van der Waals surface area contributed by atoms with Crippen LogP contribution in [0.15, 0.2) is 77.5 Å². The Kier molecular flexibility index (Phi) is 6.55. The van der Waals surface area contributed by atoms with Crippen molar-refractivity contribution in [1.82, 2.24) is 9.47 Å². The highest BCUT2D eigenvalue weighted by Gasteiger charge is 2.37. The maximum absolute atomic E-state index is 13.5. The number of amides is 1. The number of allylic oxidation sites excluding steroid dienone is 1. The summed E-state index contributed by atoms with van der Waals surface area (Å²) in [6, 6.07) is 20.4. The number of benzene rings is 2. The van der Waals surface area contributed by atoms with Gasteiger partial charge in [0, 0.05) is 29.3 Å². The minimum absolute atomic E-state index is 0.172. The molecular formula is C29H30N2O3. The molecule has 0 radical (unpaired) electrons. The second kappa shape index (κ2) is 9.56. The number of rotatable bonds is 6. The largest absolute Gasteiger partial charge is 0.465 e. The van der Waals surface area contributed by atoms with Crippen LogP contribution in [0.25, 0.3) is 11.8 Å². The highest BCUT2D eigenvalue weighted by atomic mass is 16.5. The molecule has 0 spiro atoms. The molecule has 2 aromatic carbocycles. The van der Waals surface area contributed by atoms with Crippen LogP contribution in [0.1, 0.15) is 35.0 Å². The molecule has 0 atom stereocenters. The third-order valence-corrected chi connectivity index (χ3v) is 6.40. The molecule has 1 aromatic heterocycles. The van der Waals surface area contributed by atoms with Gasteiger partial charge < -0.3 is 14.2 Å². The minimum Gasteiger partial charge on any atom is -0.465 e. The molecule has 34 heavy (non-hydrogen) atoms. The van der Waals surface area contributed by atoms with Gasteiger partial charge in [0.15, 0.2) is 0 Å². The number of esters is 1. The van der Waals surface area contributed by atoms with E-state index in [1.165, 1.54) is 12.7 Å². The van der Waals surface area contributed by atoms with E-state index in [0.29, 0.717) is 29.8 Å². The van der Waals surface area contributed by atoms with E-state index < -0.39 is 5.97 Å². The fourth-order valence-electron chi connectivity index (χ4n) is 4.64. The van der Waals surface area contributed by atoms with Gasteiger partial charge in [-0.15, -0.1) is 0 Å². The predicted octanol–water partition coefficient (Wildman–Crippen LogP) is 5.32. The Bertz CT molecular complexity index is 1310. The molecule has 3 aromatic rings. The second-order valence-corrected chi connectivity index (χ2v) is 8.70. The Morgan fingerprint density at radius 2 is 1.71 bits per heavy atom. The lowest BCUT2D eigenvalue weighted by Crippen LogP contribution is -2.27. The van der Waals surface area contributed by atoms with Gasteiger partial charge in [0.2, 0.25) is 0 Å². The van der Waals surface area contributed by atoms with E-state index in [0.717, 1.165) is 28.2 Å². The number of aryl methyl sites for hydroxylation is 2. The van der Waals surface area contributed by atoms with Crippen molar-refractivity contribution >= 4 is 18.0 Å². The van der Waals surface area contributed by atoms with Crippen molar-refractivity contribution in [2.24, 2.45) is 0 Å². The topological polar surface area (TPSA) is 51.5 Å². The van der Waals surface area contributed by atoms with Crippen molar-refractivity contribution in [2.45, 2.75) is 34.1 Å². The molecular weight excluding hydrogens is 424 g/mol. The van der Waals surface area contributed by atoms with E-state index in [1.807, 2.05) is 63.2 Å². The molecule has 1 aliphatic rings. The zero-order chi connectivity index (χ0) is 24.4. The summed E-state index contributed by atoms with van der Waals surface area (Å²) in [5.74, 6) is -0.666. The van der Waals surface area contributed by atoms with E-state index in [4.69, 9.17) is 4.74 Å². The van der Waals surface area contributed by atoms with Crippen molar-refractivity contribution < 1.29 is 14.3 Å². The summed E-state index contributed by atoms with van der Waals surface area (Å²) < 4.78 is 7.22. The van der Waals surface area contributed by atoms with Crippen LogP contribution in [0.5, 0.6) is 0 Å². The van der Waals surface area contributed by atoms with Crippen LogP contribution in [-0.2, 0) is 20.7 Å². The lowest BCUT2D eigenvalue weighted by molar-refractivity contribution is -0.136. The molecule has 0 saturated heterocycles. The van der Waals surface area contributed by atoms with Crippen molar-refractivity contribution in [3.8, 4) is 5.69 Å². The summed E-state index contributed by atoms with van der Waals surface area (Å²) in [6.45, 7) is 8.45. The molecule has 0 bridgehead atoms. The van der Waals surface area contributed by atoms with Crippen LogP contribution in [0, 0.1) is 20.8 Å². The van der Waals surface area contributed by atoms with Crippen molar-refractivity contribution in [1.29, 1.82) is 0 Å². The van der Waals surface area contributed by atoms with Crippen molar-refractivity contribution in [3.63, 3.8) is 0 Å². The van der Waals surface area contributed by atoms with Crippen LogP contribution in [0.2, 0.25) is 0 Å². The third-order valence-electron chi connectivity index (χ3n) is 6.40. The summed E-state index contributed by atoms with van der Waals surface area (Å²) >= 11 is 0. The maximum Gasteiger partial charge on any atom is 0.340 e. The number of ether oxygens (including phenoxy) is 1. The van der Waals surface area contributed by atoms with Gasteiger partial charge in [-0.05, 0) is 75.1 Å². The molecule has 0 saturated carbocycles. The van der Waals surface area contributed by atoms with E-state index >= 15 is 0 Å². The number of carbonyl (C=O) groups is 2. The molecule has 0 N–H and O–H groups in total. The predicted molar refractivity (Wildman–Crippen MR) is 135 cm³/mol. The fourth-order valence-corrected chi connectivity index (χ4v) is 4.64. The van der Waals surface area contributed by atoms with Crippen LogP contribution in [0.4, 0.5) is 0 Å². The summed E-state index contributed by atoms with van der Waals surface area (Å²) in [7, 11) is 1.35. The maximum atomic E-state index is 13.5. The standard InChI is InChI=1S/C29H30N2O3/c1-19-10-9-13-25(16-19)31-20(2)17-24(21(31)3)18-26-27(29(33)34-5)22(4)30(28(26)32)15-14-23-11-7-6-8-12-23/h6-13,16-18H,14-15H2,1-5H3. The average molecular weight is 455 g/mol. The second-order valence-electron chi connectivity index (χ2n) is 8.70. The number of hydrogen-bond acceptors (Lipinski definition) is 3. The molecule has 0 unspecified atom stereocenters. The third kappa shape index (κ3) is 4.34. The van der Waals surface area contributed by atoms with Gasteiger partial charge in [0.1, 0.15) is 0 Å².